The molecule has 0 spiro atoms. The van der Waals surface area contributed by atoms with E-state index >= 15 is 0 Å². The molecule has 25 heavy (non-hydrogen) atoms. The molecule has 3 aromatic heterocycles. The maximum Gasteiger partial charge on any atom is 0.277 e. The second-order valence-electron chi connectivity index (χ2n) is 5.50. The molecule has 128 valence electrons. The van der Waals surface area contributed by atoms with Gasteiger partial charge in [0.15, 0.2) is 5.78 Å². The second kappa shape index (κ2) is 7.48. The maximum absolute atomic E-state index is 12.5. The Kier molecular flexibility index (Phi) is 5.14. The van der Waals surface area contributed by atoms with Crippen molar-refractivity contribution in [2.24, 2.45) is 0 Å². The lowest BCUT2D eigenvalue weighted by Gasteiger charge is -2.05. The summed E-state index contributed by atoms with van der Waals surface area (Å²) in [5.41, 5.74) is 3.52. The average Bonchev–Trinajstić information content (AvgIpc) is 3.21. The molecule has 0 aliphatic rings. The van der Waals surface area contributed by atoms with Gasteiger partial charge in [-0.15, -0.1) is 16.8 Å². The van der Waals surface area contributed by atoms with Crippen LogP contribution in [0, 0.1) is 13.8 Å². The zero-order valence-electron chi connectivity index (χ0n) is 14.1. The molecule has 3 heterocycles. The summed E-state index contributed by atoms with van der Waals surface area (Å²) in [6.45, 7) is 8.38. The van der Waals surface area contributed by atoms with E-state index < -0.39 is 0 Å². The number of rotatable bonds is 7. The number of carbonyl (C=O) groups excluding carboxylic acids is 1. The number of aryl methyl sites for hydroxylation is 1. The molecule has 0 fully saturated rings. The summed E-state index contributed by atoms with van der Waals surface area (Å²) in [7, 11) is 0. The highest BCUT2D eigenvalue weighted by Gasteiger charge is 2.17. The Labute approximate surface area is 150 Å². The summed E-state index contributed by atoms with van der Waals surface area (Å²) in [4.78, 5) is 16.5. The SMILES string of the molecule is C=CCn1c(C)cc(C(=O)CSc2nnc(-c3ccncc3)o2)c1C. The zero-order valence-corrected chi connectivity index (χ0v) is 14.9. The van der Waals surface area contributed by atoms with Crippen LogP contribution >= 0.6 is 11.8 Å². The number of pyridine rings is 1. The van der Waals surface area contributed by atoms with E-state index in [1.807, 2.05) is 26.0 Å². The molecule has 0 saturated carbocycles. The third-order valence-electron chi connectivity index (χ3n) is 3.85. The third kappa shape index (κ3) is 3.71. The van der Waals surface area contributed by atoms with Gasteiger partial charge in [0.2, 0.25) is 5.89 Å². The molecule has 3 aromatic rings. The number of ketones is 1. The van der Waals surface area contributed by atoms with Crippen LogP contribution in [-0.2, 0) is 6.54 Å². The van der Waals surface area contributed by atoms with E-state index in [0.29, 0.717) is 17.7 Å². The molecule has 0 saturated heterocycles. The van der Waals surface area contributed by atoms with Gasteiger partial charge >= 0.3 is 0 Å². The normalized spacial score (nSPS) is 10.8. The van der Waals surface area contributed by atoms with Crippen LogP contribution in [0.4, 0.5) is 0 Å². The molecule has 0 N–H and O–H groups in total. The third-order valence-corrected chi connectivity index (χ3v) is 4.66. The van der Waals surface area contributed by atoms with Gasteiger partial charge in [-0.1, -0.05) is 17.8 Å². The molecule has 0 aliphatic heterocycles. The minimum absolute atomic E-state index is 0.0390. The number of hydrogen-bond donors (Lipinski definition) is 0. The summed E-state index contributed by atoms with van der Waals surface area (Å²) < 4.78 is 7.66. The second-order valence-corrected chi connectivity index (χ2v) is 6.43. The van der Waals surface area contributed by atoms with Crippen molar-refractivity contribution >= 4 is 17.5 Å². The standard InChI is InChI=1S/C18H18N4O2S/c1-4-9-22-12(2)10-15(13(22)3)16(23)11-25-18-21-20-17(24-18)14-5-7-19-8-6-14/h4-8,10H,1,9,11H2,2-3H3. The van der Waals surface area contributed by atoms with Crippen molar-refractivity contribution < 1.29 is 9.21 Å². The van der Waals surface area contributed by atoms with Crippen molar-refractivity contribution in [3.63, 3.8) is 0 Å². The van der Waals surface area contributed by atoms with Gasteiger partial charge in [-0.25, -0.2) is 0 Å². The van der Waals surface area contributed by atoms with Crippen LogP contribution in [-0.4, -0.2) is 31.3 Å². The lowest BCUT2D eigenvalue weighted by atomic mass is 10.2. The molecule has 0 radical (unpaired) electrons. The van der Waals surface area contributed by atoms with Crippen molar-refractivity contribution in [3.8, 4) is 11.5 Å². The summed E-state index contributed by atoms with van der Waals surface area (Å²) >= 11 is 1.24. The van der Waals surface area contributed by atoms with E-state index in [1.54, 1.807) is 24.5 Å². The Morgan fingerprint density at radius 3 is 2.80 bits per heavy atom. The first-order valence-electron chi connectivity index (χ1n) is 7.77. The fourth-order valence-corrected chi connectivity index (χ4v) is 3.22. The van der Waals surface area contributed by atoms with E-state index in [1.165, 1.54) is 11.8 Å². The van der Waals surface area contributed by atoms with Crippen LogP contribution in [0.1, 0.15) is 21.7 Å². The topological polar surface area (TPSA) is 73.8 Å². The number of hydrogen-bond acceptors (Lipinski definition) is 6. The molecule has 0 atom stereocenters. The lowest BCUT2D eigenvalue weighted by Crippen LogP contribution is -2.06. The Bertz CT molecular complexity index is 899. The molecule has 0 unspecified atom stereocenters. The van der Waals surface area contributed by atoms with E-state index in [-0.39, 0.29) is 11.5 Å². The van der Waals surface area contributed by atoms with Gasteiger partial charge in [-0.3, -0.25) is 9.78 Å². The predicted molar refractivity (Wildman–Crippen MR) is 96.7 cm³/mol. The highest BCUT2D eigenvalue weighted by atomic mass is 32.2. The molecule has 0 aromatic carbocycles. The van der Waals surface area contributed by atoms with Gasteiger partial charge in [-0.05, 0) is 32.0 Å². The average molecular weight is 354 g/mol. The van der Waals surface area contributed by atoms with Crippen LogP contribution in [0.2, 0.25) is 0 Å². The Balaban J connectivity index is 1.68. The summed E-state index contributed by atoms with van der Waals surface area (Å²) in [6.07, 6.45) is 5.14. The van der Waals surface area contributed by atoms with Gasteiger partial charge in [0.25, 0.3) is 5.22 Å². The molecule has 6 nitrogen and oxygen atoms in total. The van der Waals surface area contributed by atoms with Crippen molar-refractivity contribution in [1.82, 2.24) is 19.7 Å². The summed E-state index contributed by atoms with van der Waals surface area (Å²) in [6, 6.07) is 5.50. The Hall–Kier alpha value is -2.67. The molecule has 0 bridgehead atoms. The van der Waals surface area contributed by atoms with E-state index in [2.05, 4.69) is 26.3 Å². The van der Waals surface area contributed by atoms with Gasteiger partial charge in [0.1, 0.15) is 0 Å². The van der Waals surface area contributed by atoms with Crippen molar-refractivity contribution in [3.05, 3.63) is 60.2 Å². The van der Waals surface area contributed by atoms with Crippen molar-refractivity contribution in [2.45, 2.75) is 25.6 Å². The number of aromatic nitrogens is 4. The number of Topliss-reactive ketones (excluding diaryl/α,β-unsaturated/α-hetero) is 1. The minimum atomic E-state index is 0.0390. The van der Waals surface area contributed by atoms with E-state index in [9.17, 15) is 4.79 Å². The molecule has 0 amide bonds. The first kappa shape index (κ1) is 17.2. The molecule has 7 heteroatoms. The van der Waals surface area contributed by atoms with Crippen molar-refractivity contribution in [1.29, 1.82) is 0 Å². The lowest BCUT2D eigenvalue weighted by molar-refractivity contribution is 0.102. The van der Waals surface area contributed by atoms with Gasteiger partial charge < -0.3 is 8.98 Å². The fourth-order valence-electron chi connectivity index (χ4n) is 2.58. The quantitative estimate of drug-likeness (QED) is 0.366. The maximum atomic E-state index is 12.5. The minimum Gasteiger partial charge on any atom is -0.411 e. The van der Waals surface area contributed by atoms with Gasteiger partial charge in [-0.2, -0.15) is 0 Å². The smallest absolute Gasteiger partial charge is 0.277 e. The number of carbonyl (C=O) groups is 1. The summed E-state index contributed by atoms with van der Waals surface area (Å²) in [5.74, 6) is 0.703. The fraction of sp³-hybridized carbons (Fsp3) is 0.222. The predicted octanol–water partition coefficient (Wildman–Crippen LogP) is 3.71. The van der Waals surface area contributed by atoms with Crippen LogP contribution in [0.5, 0.6) is 0 Å². The largest absolute Gasteiger partial charge is 0.411 e. The summed E-state index contributed by atoms with van der Waals surface area (Å²) in [5, 5.41) is 8.37. The van der Waals surface area contributed by atoms with E-state index in [0.717, 1.165) is 22.5 Å². The Morgan fingerprint density at radius 1 is 1.32 bits per heavy atom. The van der Waals surface area contributed by atoms with Crippen LogP contribution in [0.15, 0.2) is 52.9 Å². The van der Waals surface area contributed by atoms with Crippen LogP contribution < -0.4 is 0 Å². The zero-order chi connectivity index (χ0) is 17.8. The number of thioether (sulfide) groups is 1. The van der Waals surface area contributed by atoms with Gasteiger partial charge in [0, 0.05) is 41.5 Å². The molecular weight excluding hydrogens is 336 g/mol. The van der Waals surface area contributed by atoms with E-state index in [4.69, 9.17) is 4.42 Å². The number of nitrogens with zero attached hydrogens (tertiary/aromatic N) is 4. The number of allylic oxidation sites excluding steroid dienone is 1. The first-order valence-corrected chi connectivity index (χ1v) is 8.76. The van der Waals surface area contributed by atoms with Crippen molar-refractivity contribution in [2.75, 3.05) is 5.75 Å². The molecular formula is C18H18N4O2S. The monoisotopic (exact) mass is 354 g/mol. The molecule has 0 aliphatic carbocycles. The highest BCUT2D eigenvalue weighted by Crippen LogP contribution is 2.24. The molecule has 3 rings (SSSR count). The highest BCUT2D eigenvalue weighted by molar-refractivity contribution is 7.99. The van der Waals surface area contributed by atoms with Crippen LogP contribution in [0.3, 0.4) is 0 Å². The van der Waals surface area contributed by atoms with Crippen LogP contribution in [0.25, 0.3) is 11.5 Å². The first-order chi connectivity index (χ1) is 12.1. The van der Waals surface area contributed by atoms with Gasteiger partial charge in [0.05, 0.1) is 5.75 Å². The Morgan fingerprint density at radius 2 is 2.08 bits per heavy atom.